The summed E-state index contributed by atoms with van der Waals surface area (Å²) in [6.07, 6.45) is 2.08. The predicted octanol–water partition coefficient (Wildman–Crippen LogP) is 0.262. The van der Waals surface area contributed by atoms with E-state index in [1.54, 1.807) is 15.9 Å². The molecule has 0 unspecified atom stereocenters. The number of aromatic nitrogens is 1. The Hall–Kier alpha value is -2.68. The predicted molar refractivity (Wildman–Crippen MR) is 101 cm³/mol. The number of nitrogens with zero attached hydrogens (tertiary/aromatic N) is 3. The molecule has 1 spiro atoms. The SMILES string of the molecule is CC(C)CN1C(=O)N(CCO)C(=O)C12CCN(C(=O)c1ccc[nH]c1=O)CC2. The Labute approximate surface area is 162 Å². The topological polar surface area (TPSA) is 114 Å². The van der Waals surface area contributed by atoms with Gasteiger partial charge in [0.1, 0.15) is 11.1 Å². The average Bonchev–Trinajstić information content (AvgIpc) is 2.85. The molecule has 2 aliphatic rings. The number of carbonyl (C=O) groups excluding carboxylic acids is 3. The first kappa shape index (κ1) is 20.1. The van der Waals surface area contributed by atoms with Gasteiger partial charge >= 0.3 is 6.03 Å². The first-order chi connectivity index (χ1) is 13.3. The monoisotopic (exact) mass is 390 g/mol. The molecular formula is C19H26N4O5. The van der Waals surface area contributed by atoms with Gasteiger partial charge in [0.05, 0.1) is 13.2 Å². The Morgan fingerprint density at radius 1 is 1.25 bits per heavy atom. The van der Waals surface area contributed by atoms with Gasteiger partial charge in [0.25, 0.3) is 17.4 Å². The lowest BCUT2D eigenvalue weighted by Gasteiger charge is -2.42. The smallest absolute Gasteiger partial charge is 0.327 e. The minimum Gasteiger partial charge on any atom is -0.395 e. The minimum atomic E-state index is -0.990. The van der Waals surface area contributed by atoms with Crippen molar-refractivity contribution in [2.24, 2.45) is 5.92 Å². The second kappa shape index (κ2) is 7.75. The maximum atomic E-state index is 13.1. The summed E-state index contributed by atoms with van der Waals surface area (Å²) in [5.41, 5.74) is -1.38. The third-order valence-electron chi connectivity index (χ3n) is 5.42. The first-order valence-corrected chi connectivity index (χ1v) is 9.53. The van der Waals surface area contributed by atoms with Gasteiger partial charge in [-0.2, -0.15) is 0 Å². The van der Waals surface area contributed by atoms with Crippen LogP contribution in [-0.2, 0) is 4.79 Å². The Morgan fingerprint density at radius 3 is 2.50 bits per heavy atom. The van der Waals surface area contributed by atoms with E-state index < -0.39 is 11.1 Å². The zero-order valence-electron chi connectivity index (χ0n) is 16.2. The second-order valence-electron chi connectivity index (χ2n) is 7.70. The van der Waals surface area contributed by atoms with Crippen LogP contribution in [0, 0.1) is 5.92 Å². The zero-order chi connectivity index (χ0) is 20.5. The number of imide groups is 1. The van der Waals surface area contributed by atoms with Crippen LogP contribution in [0.3, 0.4) is 0 Å². The number of nitrogens with one attached hydrogen (secondary N) is 1. The molecule has 2 fully saturated rings. The van der Waals surface area contributed by atoms with Gasteiger partial charge in [-0.05, 0) is 30.9 Å². The van der Waals surface area contributed by atoms with Gasteiger partial charge < -0.3 is 19.9 Å². The maximum Gasteiger partial charge on any atom is 0.327 e. The van der Waals surface area contributed by atoms with Crippen LogP contribution in [0.2, 0.25) is 0 Å². The fourth-order valence-electron chi connectivity index (χ4n) is 4.02. The van der Waals surface area contributed by atoms with Crippen LogP contribution in [0.25, 0.3) is 0 Å². The van der Waals surface area contributed by atoms with Crippen molar-refractivity contribution in [1.82, 2.24) is 19.7 Å². The molecule has 2 saturated heterocycles. The Kier molecular flexibility index (Phi) is 5.55. The molecular weight excluding hydrogens is 364 g/mol. The van der Waals surface area contributed by atoms with Crippen molar-refractivity contribution in [1.29, 1.82) is 0 Å². The third kappa shape index (κ3) is 3.30. The van der Waals surface area contributed by atoms with Crippen LogP contribution < -0.4 is 5.56 Å². The van der Waals surface area contributed by atoms with E-state index in [9.17, 15) is 24.3 Å². The summed E-state index contributed by atoms with van der Waals surface area (Å²) in [4.78, 5) is 57.2. The molecule has 1 aromatic rings. The fraction of sp³-hybridized carbons (Fsp3) is 0.579. The number of likely N-dealkylation sites (tertiary alicyclic amines) is 1. The molecule has 152 valence electrons. The molecule has 2 aliphatic heterocycles. The van der Waals surface area contributed by atoms with Gasteiger partial charge in [-0.3, -0.25) is 19.3 Å². The molecule has 4 amide bonds. The highest BCUT2D eigenvalue weighted by atomic mass is 16.3. The maximum absolute atomic E-state index is 13.1. The highest BCUT2D eigenvalue weighted by Crippen LogP contribution is 2.38. The van der Waals surface area contributed by atoms with E-state index >= 15 is 0 Å². The number of pyridine rings is 1. The number of aliphatic hydroxyl groups is 1. The molecule has 0 atom stereocenters. The number of urea groups is 1. The Bertz CT molecular complexity index is 826. The summed E-state index contributed by atoms with van der Waals surface area (Å²) in [5, 5.41) is 9.23. The first-order valence-electron chi connectivity index (χ1n) is 9.53. The number of β-amino-alcohol motifs (C(OH)–C–C–N with tert-alkyl or cyclic N) is 1. The van der Waals surface area contributed by atoms with Gasteiger partial charge in [-0.1, -0.05) is 13.8 Å². The summed E-state index contributed by atoms with van der Waals surface area (Å²) < 4.78 is 0. The molecule has 2 N–H and O–H groups in total. The summed E-state index contributed by atoms with van der Waals surface area (Å²) in [6.45, 7) is 4.60. The van der Waals surface area contributed by atoms with Gasteiger partial charge in [-0.25, -0.2) is 4.79 Å². The van der Waals surface area contributed by atoms with E-state index in [-0.39, 0.29) is 55.6 Å². The van der Waals surface area contributed by atoms with Crippen molar-refractivity contribution in [2.75, 3.05) is 32.8 Å². The van der Waals surface area contributed by atoms with Crippen LogP contribution in [0.5, 0.6) is 0 Å². The summed E-state index contributed by atoms with van der Waals surface area (Å²) in [7, 11) is 0. The minimum absolute atomic E-state index is 0.0317. The molecule has 9 heteroatoms. The summed E-state index contributed by atoms with van der Waals surface area (Å²) in [6, 6.07) is 2.69. The fourth-order valence-corrected chi connectivity index (χ4v) is 4.02. The van der Waals surface area contributed by atoms with Gasteiger partial charge in [0, 0.05) is 25.8 Å². The number of hydrogen-bond acceptors (Lipinski definition) is 5. The number of rotatable bonds is 5. The van der Waals surface area contributed by atoms with Crippen molar-refractivity contribution < 1.29 is 19.5 Å². The lowest BCUT2D eigenvalue weighted by atomic mass is 9.85. The Morgan fingerprint density at radius 2 is 1.93 bits per heavy atom. The molecule has 0 radical (unpaired) electrons. The highest BCUT2D eigenvalue weighted by Gasteiger charge is 2.58. The van der Waals surface area contributed by atoms with E-state index in [0.29, 0.717) is 19.4 Å². The number of carbonyl (C=O) groups is 3. The molecule has 0 aliphatic carbocycles. The van der Waals surface area contributed by atoms with Crippen LogP contribution in [0.4, 0.5) is 4.79 Å². The number of aromatic amines is 1. The van der Waals surface area contributed by atoms with Crippen molar-refractivity contribution in [3.05, 3.63) is 34.2 Å². The molecule has 9 nitrogen and oxygen atoms in total. The normalized spacial score (nSPS) is 19.2. The number of H-pyrrole nitrogens is 1. The van der Waals surface area contributed by atoms with Crippen LogP contribution in [0.1, 0.15) is 37.0 Å². The molecule has 3 heterocycles. The number of amides is 4. The zero-order valence-corrected chi connectivity index (χ0v) is 16.2. The molecule has 0 bridgehead atoms. The van der Waals surface area contributed by atoms with Crippen molar-refractivity contribution in [3.63, 3.8) is 0 Å². The van der Waals surface area contributed by atoms with Crippen LogP contribution in [0.15, 0.2) is 23.1 Å². The van der Waals surface area contributed by atoms with Gasteiger partial charge in [0.2, 0.25) is 0 Å². The molecule has 0 saturated carbocycles. The number of piperidine rings is 1. The average molecular weight is 390 g/mol. The van der Waals surface area contributed by atoms with Gasteiger partial charge in [0.15, 0.2) is 0 Å². The standard InChI is InChI=1S/C19H26N4O5/c1-13(2)12-23-18(28)22(10-11-24)17(27)19(23)5-8-21(9-6-19)16(26)14-4-3-7-20-15(14)25/h3-4,7,13,24H,5-6,8-12H2,1-2H3,(H,20,25). The van der Waals surface area contributed by atoms with Crippen molar-refractivity contribution in [2.45, 2.75) is 32.2 Å². The highest BCUT2D eigenvalue weighted by molar-refractivity contribution is 6.07. The Balaban J connectivity index is 1.82. The lowest BCUT2D eigenvalue weighted by Crippen LogP contribution is -2.58. The molecule has 28 heavy (non-hydrogen) atoms. The van der Waals surface area contributed by atoms with Crippen molar-refractivity contribution >= 4 is 17.8 Å². The van der Waals surface area contributed by atoms with Gasteiger partial charge in [-0.15, -0.1) is 0 Å². The third-order valence-corrected chi connectivity index (χ3v) is 5.42. The summed E-state index contributed by atoms with van der Waals surface area (Å²) >= 11 is 0. The molecule has 0 aromatic carbocycles. The van der Waals surface area contributed by atoms with Crippen LogP contribution in [-0.4, -0.2) is 81.0 Å². The molecule has 3 rings (SSSR count). The largest absolute Gasteiger partial charge is 0.395 e. The van der Waals surface area contributed by atoms with E-state index in [1.807, 2.05) is 13.8 Å². The second-order valence-corrected chi connectivity index (χ2v) is 7.70. The van der Waals surface area contributed by atoms with E-state index in [4.69, 9.17) is 0 Å². The van der Waals surface area contributed by atoms with Crippen molar-refractivity contribution in [3.8, 4) is 0 Å². The van der Waals surface area contributed by atoms with E-state index in [1.165, 1.54) is 12.3 Å². The van der Waals surface area contributed by atoms with E-state index in [0.717, 1.165) is 4.90 Å². The lowest BCUT2D eigenvalue weighted by molar-refractivity contribution is -0.135. The number of aliphatic hydroxyl groups excluding tert-OH is 1. The number of hydrogen-bond donors (Lipinski definition) is 2. The van der Waals surface area contributed by atoms with Crippen LogP contribution >= 0.6 is 0 Å². The van der Waals surface area contributed by atoms with E-state index in [2.05, 4.69) is 4.98 Å². The summed E-state index contributed by atoms with van der Waals surface area (Å²) in [5.74, 6) is -0.516. The molecule has 1 aromatic heterocycles. The quantitative estimate of drug-likeness (QED) is 0.700.